The van der Waals surface area contributed by atoms with Crippen molar-refractivity contribution in [3.63, 3.8) is 0 Å². The summed E-state index contributed by atoms with van der Waals surface area (Å²) in [6, 6.07) is 6.10. The summed E-state index contributed by atoms with van der Waals surface area (Å²) in [5.41, 5.74) is 2.64. The fourth-order valence-electron chi connectivity index (χ4n) is 5.11. The van der Waals surface area contributed by atoms with E-state index in [4.69, 9.17) is 25.2 Å². The zero-order valence-electron chi connectivity index (χ0n) is 22.4. The summed E-state index contributed by atoms with van der Waals surface area (Å²) in [5.74, 6) is -2.88. The maximum atomic E-state index is 12.4. The van der Waals surface area contributed by atoms with Crippen LogP contribution in [0, 0.1) is 0 Å². The molecule has 0 bridgehead atoms. The highest BCUT2D eigenvalue weighted by Crippen LogP contribution is 2.51. The fourth-order valence-corrected chi connectivity index (χ4v) is 5.11. The predicted molar refractivity (Wildman–Crippen MR) is 138 cm³/mol. The van der Waals surface area contributed by atoms with Crippen LogP contribution in [0.2, 0.25) is 0 Å². The molecule has 2 aliphatic rings. The molecular weight excluding hydrogens is 482 g/mol. The van der Waals surface area contributed by atoms with Gasteiger partial charge in [-0.05, 0) is 43.7 Å². The van der Waals surface area contributed by atoms with Crippen molar-refractivity contribution in [3.8, 4) is 5.75 Å². The third kappa shape index (κ3) is 7.12. The first kappa shape index (κ1) is 30.3. The number of rotatable bonds is 10. The largest absolute Gasteiger partial charge is 0.479 e. The standard InChI is InChI=1S/C22H35N3O2.C4H6O6/c1-6-7-8-9-10-14-24(4)21(26)27-17-11-12-19-18(16-17)22(2)13-15-23(3)20(22)25(19)5;5-1(3(7)8)2(6)4(9)10/h11-12,16,20H,6-10,13-15H2,1-5H3;1-2,5-6H,(H,7,8)(H,9,10). The smallest absolute Gasteiger partial charge is 0.414 e. The number of hydrogen-bond acceptors (Lipinski definition) is 8. The van der Waals surface area contributed by atoms with E-state index in [1.807, 2.05) is 13.1 Å². The lowest BCUT2D eigenvalue weighted by atomic mass is 9.81. The van der Waals surface area contributed by atoms with Crippen LogP contribution in [0.1, 0.15) is 57.9 Å². The van der Waals surface area contributed by atoms with Gasteiger partial charge in [-0.15, -0.1) is 0 Å². The molecule has 3 rings (SSSR count). The lowest BCUT2D eigenvalue weighted by molar-refractivity contribution is -0.165. The van der Waals surface area contributed by atoms with Crippen molar-refractivity contribution in [1.82, 2.24) is 9.80 Å². The van der Waals surface area contributed by atoms with Crippen molar-refractivity contribution in [2.24, 2.45) is 0 Å². The number of aliphatic carboxylic acids is 2. The normalized spacial score (nSPS) is 21.8. The van der Waals surface area contributed by atoms with Gasteiger partial charge in [-0.25, -0.2) is 14.4 Å². The molecule has 0 radical (unpaired) electrons. The van der Waals surface area contributed by atoms with Gasteiger partial charge in [0.25, 0.3) is 0 Å². The van der Waals surface area contributed by atoms with Crippen LogP contribution in [-0.4, -0.2) is 101 Å². The number of anilines is 1. The van der Waals surface area contributed by atoms with Gasteiger partial charge in [0.2, 0.25) is 0 Å². The molecule has 1 aromatic carbocycles. The highest BCUT2D eigenvalue weighted by molar-refractivity contribution is 5.83. The number of aliphatic hydroxyl groups excluding tert-OH is 2. The number of fused-ring (bicyclic) bond motifs is 3. The summed E-state index contributed by atoms with van der Waals surface area (Å²) >= 11 is 0. The quantitative estimate of drug-likeness (QED) is 0.336. The van der Waals surface area contributed by atoms with Crippen molar-refractivity contribution in [2.45, 2.75) is 76.2 Å². The lowest BCUT2D eigenvalue weighted by Crippen LogP contribution is -2.45. The molecule has 2 heterocycles. The van der Waals surface area contributed by atoms with E-state index in [-0.39, 0.29) is 11.5 Å². The molecule has 0 spiro atoms. The molecule has 1 saturated heterocycles. The number of carboxylic acids is 2. The molecule has 37 heavy (non-hydrogen) atoms. The first-order chi connectivity index (χ1) is 17.3. The highest BCUT2D eigenvalue weighted by Gasteiger charge is 2.52. The van der Waals surface area contributed by atoms with Gasteiger partial charge in [0.15, 0.2) is 12.2 Å². The van der Waals surface area contributed by atoms with Gasteiger partial charge in [0.05, 0.1) is 6.17 Å². The zero-order valence-corrected chi connectivity index (χ0v) is 22.4. The van der Waals surface area contributed by atoms with Gasteiger partial charge in [-0.2, -0.15) is 0 Å². The summed E-state index contributed by atoms with van der Waals surface area (Å²) in [6.45, 7) is 6.39. The summed E-state index contributed by atoms with van der Waals surface area (Å²) in [4.78, 5) is 38.5. The van der Waals surface area contributed by atoms with Crippen LogP contribution in [0.5, 0.6) is 5.75 Å². The number of amides is 1. The molecule has 208 valence electrons. The molecule has 4 unspecified atom stereocenters. The van der Waals surface area contributed by atoms with Crippen molar-refractivity contribution in [1.29, 1.82) is 0 Å². The Morgan fingerprint density at radius 3 is 2.24 bits per heavy atom. The molecule has 1 amide bonds. The third-order valence-electron chi connectivity index (χ3n) is 7.22. The molecule has 0 aliphatic carbocycles. The third-order valence-corrected chi connectivity index (χ3v) is 7.22. The number of aliphatic hydroxyl groups is 2. The second kappa shape index (κ2) is 13.1. The topological polar surface area (TPSA) is 151 Å². The average Bonchev–Trinajstić information content (AvgIpc) is 3.28. The molecule has 0 aromatic heterocycles. The summed E-state index contributed by atoms with van der Waals surface area (Å²) < 4.78 is 5.69. The van der Waals surface area contributed by atoms with Gasteiger partial charge in [0.1, 0.15) is 5.75 Å². The highest BCUT2D eigenvalue weighted by atomic mass is 16.6. The number of likely N-dealkylation sites (tertiary alicyclic amines) is 1. The van der Waals surface area contributed by atoms with E-state index in [1.54, 1.807) is 4.90 Å². The Morgan fingerprint density at radius 2 is 1.68 bits per heavy atom. The number of carbonyl (C=O) groups excluding carboxylic acids is 1. The van der Waals surface area contributed by atoms with E-state index in [1.165, 1.54) is 36.9 Å². The number of carbonyl (C=O) groups is 3. The molecule has 11 nitrogen and oxygen atoms in total. The Kier molecular flexibility index (Phi) is 10.7. The van der Waals surface area contributed by atoms with Gasteiger partial charge in [-0.1, -0.05) is 39.5 Å². The van der Waals surface area contributed by atoms with E-state index in [0.29, 0.717) is 11.9 Å². The number of carboxylic acid groups (broad SMARTS) is 2. The van der Waals surface area contributed by atoms with Gasteiger partial charge < -0.3 is 35.0 Å². The first-order valence-electron chi connectivity index (χ1n) is 12.7. The molecule has 11 heteroatoms. The monoisotopic (exact) mass is 523 g/mol. The molecule has 0 saturated carbocycles. The van der Waals surface area contributed by atoms with Gasteiger partial charge >= 0.3 is 18.0 Å². The number of ether oxygens (including phenoxy) is 1. The molecule has 1 aromatic rings. The first-order valence-corrected chi connectivity index (χ1v) is 12.7. The van der Waals surface area contributed by atoms with Crippen molar-refractivity contribution in [3.05, 3.63) is 23.8 Å². The average molecular weight is 524 g/mol. The minimum Gasteiger partial charge on any atom is -0.479 e. The van der Waals surface area contributed by atoms with Crippen LogP contribution in [0.15, 0.2) is 18.2 Å². The molecule has 4 atom stereocenters. The number of unbranched alkanes of at least 4 members (excludes halogenated alkanes) is 4. The minimum atomic E-state index is -2.27. The fraction of sp³-hybridized carbons (Fsp3) is 0.654. The van der Waals surface area contributed by atoms with Crippen LogP contribution in [0.3, 0.4) is 0 Å². The van der Waals surface area contributed by atoms with E-state index < -0.39 is 24.1 Å². The minimum absolute atomic E-state index is 0.0897. The lowest BCUT2D eigenvalue weighted by Gasteiger charge is -2.32. The summed E-state index contributed by atoms with van der Waals surface area (Å²) in [5, 5.41) is 32.5. The predicted octanol–water partition coefficient (Wildman–Crippen LogP) is 2.33. The van der Waals surface area contributed by atoms with Crippen LogP contribution in [0.4, 0.5) is 10.5 Å². The van der Waals surface area contributed by atoms with Crippen LogP contribution in [-0.2, 0) is 15.0 Å². The molecular formula is C26H41N3O8. The number of hydrogen-bond donors (Lipinski definition) is 4. The van der Waals surface area contributed by atoms with Crippen molar-refractivity contribution in [2.75, 3.05) is 39.1 Å². The molecule has 2 aliphatic heterocycles. The van der Waals surface area contributed by atoms with E-state index in [9.17, 15) is 14.4 Å². The van der Waals surface area contributed by atoms with Gasteiger partial charge in [-0.3, -0.25) is 4.90 Å². The second-order valence-electron chi connectivity index (χ2n) is 10.1. The Hall–Kier alpha value is -2.89. The van der Waals surface area contributed by atoms with Crippen LogP contribution in [0.25, 0.3) is 0 Å². The Labute approximate surface area is 218 Å². The number of nitrogens with zero attached hydrogens (tertiary/aromatic N) is 3. The second-order valence-corrected chi connectivity index (χ2v) is 10.1. The van der Waals surface area contributed by atoms with E-state index in [2.05, 4.69) is 49.9 Å². The maximum absolute atomic E-state index is 12.4. The van der Waals surface area contributed by atoms with Crippen molar-refractivity contribution >= 4 is 23.7 Å². The Morgan fingerprint density at radius 1 is 1.08 bits per heavy atom. The van der Waals surface area contributed by atoms with Crippen LogP contribution < -0.4 is 9.64 Å². The SMILES string of the molecule is CCCCCCCN(C)C(=O)Oc1ccc2c(c1)C1(C)CCN(C)C1N2C.O=C(O)C(O)C(O)C(=O)O. The number of likely N-dealkylation sites (N-methyl/N-ethyl adjacent to an activating group) is 2. The Balaban J connectivity index is 0.000000410. The van der Waals surface area contributed by atoms with Crippen LogP contribution >= 0.6 is 0 Å². The summed E-state index contributed by atoms with van der Waals surface area (Å²) in [7, 11) is 6.18. The summed E-state index contributed by atoms with van der Waals surface area (Å²) in [6.07, 6.45) is 2.66. The zero-order chi connectivity index (χ0) is 27.9. The maximum Gasteiger partial charge on any atom is 0.414 e. The van der Waals surface area contributed by atoms with E-state index >= 15 is 0 Å². The van der Waals surface area contributed by atoms with E-state index in [0.717, 1.165) is 25.9 Å². The molecule has 1 fully saturated rings. The number of benzene rings is 1. The van der Waals surface area contributed by atoms with Crippen molar-refractivity contribution < 1.29 is 39.5 Å². The Bertz CT molecular complexity index is 940. The van der Waals surface area contributed by atoms with Gasteiger partial charge in [0, 0.05) is 38.3 Å². The molecule has 4 N–H and O–H groups in total.